The maximum atomic E-state index is 6.45. The smallest absolute Gasteiger partial charge is 0.161 e. The van der Waals surface area contributed by atoms with Gasteiger partial charge >= 0.3 is 0 Å². The lowest BCUT2D eigenvalue weighted by molar-refractivity contribution is 0.668. The van der Waals surface area contributed by atoms with Gasteiger partial charge in [-0.05, 0) is 165 Å². The molecule has 144 heavy (non-hydrogen) atoms. The monoisotopic (exact) mass is 1840 g/mol. The Labute approximate surface area is 825 Å². The van der Waals surface area contributed by atoms with Gasteiger partial charge in [-0.15, -0.1) is 0 Å². The van der Waals surface area contributed by atoms with Crippen LogP contribution in [0.4, 0.5) is 0 Å². The standard InChI is InChI=1S/2C46H28N2O2.C40H24N2O2/c1-2-10-29(11-3-1)30-20-24-32(25-21-30)39-28-40(37-16-8-15-36-35-12-4-6-17-41(35)50-45(36)37)48-46(47-39)33-26-22-31(23-27-33)34-14-9-19-43-44(34)38-13-5-7-18-42(38)49-43;1-2-9-29(10-3-1)30-17-21-32(22-18-30)39-28-40(48-46(47-39)34-25-26-43-38(27-34)36-11-4-6-14-41(36)49-43)33-23-19-31(20-24-33)35-13-8-16-44-45(35)37-12-5-7-15-42(37)50-44;1-2-9-25(10-3-1)26-17-19-27(20-18-26)33-24-34(28-21-22-30-29-11-4-6-14-35(29)44-38(30)23-28)42-40(41-33)32-13-8-16-37-39(32)31-12-5-7-15-36(31)43-37/h2*1-28H;1-24H. The number of para-hydroxylation sites is 7. The molecule has 0 N–H and O–H groups in total. The van der Waals surface area contributed by atoms with Gasteiger partial charge in [-0.3, -0.25) is 0 Å². The summed E-state index contributed by atoms with van der Waals surface area (Å²) in [7, 11) is 0. The number of fused-ring (bicyclic) bond motifs is 18. The molecule has 0 aliphatic rings. The minimum Gasteiger partial charge on any atom is -0.456 e. The van der Waals surface area contributed by atoms with E-state index in [4.69, 9.17) is 56.4 Å². The van der Waals surface area contributed by atoms with E-state index in [0.717, 1.165) is 255 Å². The van der Waals surface area contributed by atoms with E-state index in [1.165, 1.54) is 16.7 Å². The molecule has 29 rings (SSSR count). The Bertz CT molecular complexity index is 9990. The predicted octanol–water partition coefficient (Wildman–Crippen LogP) is 36.2. The zero-order chi connectivity index (χ0) is 95.1. The third-order valence-corrected chi connectivity index (χ3v) is 27.4. The van der Waals surface area contributed by atoms with Crippen LogP contribution in [0.15, 0.2) is 512 Å². The molecular weight excluding hydrogens is 1770 g/mol. The first-order chi connectivity index (χ1) is 71.3. The SMILES string of the molecule is c1ccc(-c2ccc(-c3cc(-c4ccc(-c5cccc6oc7ccccc7c56)cc4)nc(-c4ccc5oc6ccccc6c5c4)n3)cc2)cc1.c1ccc(-c2ccc(-c3cc(-c4ccc5c(c4)oc4ccccc45)nc(-c4cccc5oc6ccccc6c45)n3)cc2)cc1.c1ccc(-c2ccc(-c3cc(-c4cccc5c4oc4ccccc45)nc(-c4ccc(-c5cccc6oc7ccccc7c56)cc4)n3)cc2)cc1. The van der Waals surface area contributed by atoms with E-state index < -0.39 is 0 Å². The van der Waals surface area contributed by atoms with Gasteiger partial charge in [0.25, 0.3) is 0 Å². The maximum Gasteiger partial charge on any atom is 0.161 e. The molecule has 0 aliphatic heterocycles. The third-order valence-electron chi connectivity index (χ3n) is 27.4. The quantitative estimate of drug-likeness (QED) is 0.102. The van der Waals surface area contributed by atoms with E-state index in [2.05, 4.69) is 334 Å². The van der Waals surface area contributed by atoms with E-state index in [0.29, 0.717) is 17.5 Å². The first kappa shape index (κ1) is 83.8. The fourth-order valence-electron chi connectivity index (χ4n) is 20.3. The van der Waals surface area contributed by atoms with Gasteiger partial charge in [0.05, 0.1) is 34.2 Å². The minimum atomic E-state index is 0.645. The first-order valence-electron chi connectivity index (χ1n) is 48.1. The van der Waals surface area contributed by atoms with Crippen LogP contribution in [-0.2, 0) is 0 Å². The summed E-state index contributed by atoms with van der Waals surface area (Å²) in [4.78, 5) is 31.0. The van der Waals surface area contributed by atoms with Gasteiger partial charge in [-0.1, -0.05) is 376 Å². The number of hydrogen-bond acceptors (Lipinski definition) is 12. The van der Waals surface area contributed by atoms with Crippen molar-refractivity contribution in [2.24, 2.45) is 0 Å². The molecule has 29 aromatic rings. The lowest BCUT2D eigenvalue weighted by atomic mass is 9.97. The first-order valence-corrected chi connectivity index (χ1v) is 48.1. The number of aromatic nitrogens is 6. The Balaban J connectivity index is 0.000000108. The molecule has 0 saturated heterocycles. The molecule has 12 nitrogen and oxygen atoms in total. The second kappa shape index (κ2) is 35.5. The number of furan rings is 6. The highest BCUT2D eigenvalue weighted by Crippen LogP contribution is 2.46. The van der Waals surface area contributed by atoms with Crippen molar-refractivity contribution in [1.82, 2.24) is 29.9 Å². The van der Waals surface area contributed by atoms with E-state index in [-0.39, 0.29) is 0 Å². The Morgan fingerprint density at radius 3 is 0.840 bits per heavy atom. The number of benzene rings is 20. The van der Waals surface area contributed by atoms with Crippen LogP contribution in [0.2, 0.25) is 0 Å². The Kier molecular flexibility index (Phi) is 20.6. The van der Waals surface area contributed by atoms with Crippen molar-refractivity contribution in [3.05, 3.63) is 485 Å². The van der Waals surface area contributed by atoms with Crippen molar-refractivity contribution >= 4 is 132 Å². The fraction of sp³-hybridized carbons (Fsp3) is 0. The second-order valence-electron chi connectivity index (χ2n) is 36.1. The molecule has 0 amide bonds. The van der Waals surface area contributed by atoms with Crippen molar-refractivity contribution in [2.75, 3.05) is 0 Å². The van der Waals surface area contributed by atoms with Crippen molar-refractivity contribution in [3.8, 4) is 157 Å². The summed E-state index contributed by atoms with van der Waals surface area (Å²) in [5, 5.41) is 13.0. The molecule has 20 aromatic carbocycles. The lowest BCUT2D eigenvalue weighted by Crippen LogP contribution is -1.96. The van der Waals surface area contributed by atoms with Crippen LogP contribution >= 0.6 is 0 Å². The minimum absolute atomic E-state index is 0.645. The van der Waals surface area contributed by atoms with Crippen molar-refractivity contribution in [2.45, 2.75) is 0 Å². The Hall–Kier alpha value is -19.6. The molecule has 9 heterocycles. The summed E-state index contributed by atoms with van der Waals surface area (Å²) in [6.07, 6.45) is 0. The van der Waals surface area contributed by atoms with Crippen molar-refractivity contribution < 1.29 is 26.5 Å². The Morgan fingerprint density at radius 2 is 0.382 bits per heavy atom. The predicted molar refractivity (Wildman–Crippen MR) is 586 cm³/mol. The van der Waals surface area contributed by atoms with Crippen LogP contribution in [0, 0.1) is 0 Å². The molecule has 0 radical (unpaired) electrons. The van der Waals surface area contributed by atoms with Crippen molar-refractivity contribution in [3.63, 3.8) is 0 Å². The second-order valence-corrected chi connectivity index (χ2v) is 36.1. The molecule has 0 bridgehead atoms. The fourth-order valence-corrected chi connectivity index (χ4v) is 20.3. The van der Waals surface area contributed by atoms with E-state index in [1.807, 2.05) is 152 Å². The molecular formula is C132H80N6O6. The van der Waals surface area contributed by atoms with E-state index in [9.17, 15) is 0 Å². The van der Waals surface area contributed by atoms with Gasteiger partial charge in [-0.25, -0.2) is 29.9 Å². The summed E-state index contributed by atoms with van der Waals surface area (Å²) >= 11 is 0. The normalized spacial score (nSPS) is 11.6. The average molecular weight is 1850 g/mol. The highest BCUT2D eigenvalue weighted by Gasteiger charge is 2.24. The van der Waals surface area contributed by atoms with Crippen LogP contribution < -0.4 is 0 Å². The maximum absolute atomic E-state index is 6.45. The molecule has 0 atom stereocenters. The zero-order valence-electron chi connectivity index (χ0n) is 77.3. The van der Waals surface area contributed by atoms with Gasteiger partial charge in [0, 0.05) is 115 Å². The molecule has 0 spiro atoms. The summed E-state index contributed by atoms with van der Waals surface area (Å²) in [6.45, 7) is 0. The van der Waals surface area contributed by atoms with Crippen LogP contribution in [0.25, 0.3) is 289 Å². The van der Waals surface area contributed by atoms with Gasteiger partial charge in [-0.2, -0.15) is 0 Å². The highest BCUT2D eigenvalue weighted by atomic mass is 16.3. The van der Waals surface area contributed by atoms with Gasteiger partial charge in [0.2, 0.25) is 0 Å². The summed E-state index contributed by atoms with van der Waals surface area (Å²) < 4.78 is 37.4. The topological polar surface area (TPSA) is 156 Å². The van der Waals surface area contributed by atoms with Gasteiger partial charge in [0.15, 0.2) is 17.5 Å². The molecule has 0 fully saturated rings. The number of hydrogen-bond donors (Lipinski definition) is 0. The van der Waals surface area contributed by atoms with E-state index >= 15 is 0 Å². The summed E-state index contributed by atoms with van der Waals surface area (Å²) in [6, 6.07) is 167. The van der Waals surface area contributed by atoms with Gasteiger partial charge in [0.1, 0.15) is 67.0 Å². The molecule has 0 unspecified atom stereocenters. The largest absolute Gasteiger partial charge is 0.456 e. The average Bonchev–Trinajstić information content (AvgIpc) is 1.60. The Morgan fingerprint density at radius 1 is 0.118 bits per heavy atom. The van der Waals surface area contributed by atoms with Crippen LogP contribution in [-0.4, -0.2) is 29.9 Å². The molecule has 674 valence electrons. The number of nitrogens with zero attached hydrogens (tertiary/aromatic N) is 6. The number of rotatable bonds is 14. The van der Waals surface area contributed by atoms with Crippen LogP contribution in [0.1, 0.15) is 0 Å². The lowest BCUT2D eigenvalue weighted by Gasteiger charge is -2.11. The molecule has 12 heteroatoms. The summed E-state index contributed by atoms with van der Waals surface area (Å²) in [5.41, 5.74) is 35.6. The summed E-state index contributed by atoms with van der Waals surface area (Å²) in [5.74, 6) is 1.96. The third kappa shape index (κ3) is 15.4. The van der Waals surface area contributed by atoms with Crippen LogP contribution in [0.5, 0.6) is 0 Å². The highest BCUT2D eigenvalue weighted by molar-refractivity contribution is 6.16. The molecule has 0 saturated carbocycles. The van der Waals surface area contributed by atoms with E-state index in [1.54, 1.807) is 0 Å². The van der Waals surface area contributed by atoms with Crippen molar-refractivity contribution in [1.29, 1.82) is 0 Å². The van der Waals surface area contributed by atoms with Gasteiger partial charge < -0.3 is 26.5 Å². The molecule has 9 aromatic heterocycles. The van der Waals surface area contributed by atoms with Crippen LogP contribution in [0.3, 0.4) is 0 Å². The zero-order valence-corrected chi connectivity index (χ0v) is 77.3. The molecule has 0 aliphatic carbocycles.